The molecule has 0 aromatic rings. The van der Waals surface area contributed by atoms with E-state index in [0.29, 0.717) is 24.7 Å². The van der Waals surface area contributed by atoms with Gasteiger partial charge in [-0.1, -0.05) is 37.6 Å². The van der Waals surface area contributed by atoms with Crippen molar-refractivity contribution in [2.24, 2.45) is 23.7 Å². The largest absolute Gasteiger partial charge is 0.481 e. The summed E-state index contributed by atoms with van der Waals surface area (Å²) in [5.41, 5.74) is 1.34. The highest BCUT2D eigenvalue weighted by molar-refractivity contribution is 5.66. The summed E-state index contributed by atoms with van der Waals surface area (Å²) >= 11 is 0. The molecule has 0 aliphatic heterocycles. The molecule has 0 aromatic carbocycles. The molecule has 4 heteroatoms. The maximum Gasteiger partial charge on any atom is 0.303 e. The molecular weight excluding hydrogens is 340 g/mol. The zero-order valence-corrected chi connectivity index (χ0v) is 16.6. The fraction of sp³-hybridized carbons (Fsp3) is 0.696. The average Bonchev–Trinajstić information content (AvgIpc) is 2.93. The Morgan fingerprint density at radius 1 is 1.41 bits per heavy atom. The molecule has 27 heavy (non-hydrogen) atoms. The number of rotatable bonds is 8. The predicted molar refractivity (Wildman–Crippen MR) is 107 cm³/mol. The Balaban J connectivity index is 1.90. The van der Waals surface area contributed by atoms with Crippen LogP contribution in [0.25, 0.3) is 0 Å². The number of aliphatic hydroxyl groups excluding tert-OH is 2. The minimum Gasteiger partial charge on any atom is -0.481 e. The van der Waals surface area contributed by atoms with E-state index in [1.54, 1.807) is 0 Å². The van der Waals surface area contributed by atoms with Gasteiger partial charge in [0, 0.05) is 25.2 Å². The number of carbonyl (C=O) groups is 1. The lowest BCUT2D eigenvalue weighted by atomic mass is 9.78. The van der Waals surface area contributed by atoms with Crippen molar-refractivity contribution < 1.29 is 20.1 Å². The number of aliphatic hydroxyl groups is 2. The zero-order chi connectivity index (χ0) is 19.8. The second kappa shape index (κ2) is 10.7. The number of allylic oxidation sites excluding steroid dienone is 2. The van der Waals surface area contributed by atoms with Gasteiger partial charge >= 0.3 is 5.97 Å². The summed E-state index contributed by atoms with van der Waals surface area (Å²) in [6.45, 7) is 4.02. The van der Waals surface area contributed by atoms with Gasteiger partial charge in [-0.15, -0.1) is 11.8 Å². The van der Waals surface area contributed by atoms with Crippen LogP contribution in [0.15, 0.2) is 23.8 Å². The van der Waals surface area contributed by atoms with Crippen molar-refractivity contribution >= 4 is 5.97 Å². The molecule has 3 N–H and O–H groups in total. The van der Waals surface area contributed by atoms with Crippen LogP contribution >= 0.6 is 0 Å². The molecule has 0 saturated heterocycles. The third-order valence-electron chi connectivity index (χ3n) is 5.98. The van der Waals surface area contributed by atoms with Gasteiger partial charge in [0.15, 0.2) is 0 Å². The summed E-state index contributed by atoms with van der Waals surface area (Å²) in [7, 11) is 0. The van der Waals surface area contributed by atoms with E-state index in [1.165, 1.54) is 5.57 Å². The highest BCUT2D eigenvalue weighted by atomic mass is 16.4. The lowest BCUT2D eigenvalue weighted by Crippen LogP contribution is -2.22. The third-order valence-corrected chi connectivity index (χ3v) is 5.98. The molecule has 0 radical (unpaired) electrons. The summed E-state index contributed by atoms with van der Waals surface area (Å²) < 4.78 is 0. The van der Waals surface area contributed by atoms with E-state index in [0.717, 1.165) is 32.1 Å². The van der Waals surface area contributed by atoms with E-state index in [4.69, 9.17) is 5.11 Å². The molecule has 0 bridgehead atoms. The molecule has 150 valence electrons. The predicted octanol–water partition coefficient (Wildman–Crippen LogP) is 3.93. The fourth-order valence-corrected chi connectivity index (χ4v) is 4.37. The highest BCUT2D eigenvalue weighted by Gasteiger charge is 2.41. The second-order valence-electron chi connectivity index (χ2n) is 8.08. The number of hydrogen-bond donors (Lipinski definition) is 3. The van der Waals surface area contributed by atoms with Gasteiger partial charge in [-0.25, -0.2) is 0 Å². The van der Waals surface area contributed by atoms with Crippen LogP contribution in [0.5, 0.6) is 0 Å². The molecule has 4 nitrogen and oxygen atoms in total. The lowest BCUT2D eigenvalue weighted by molar-refractivity contribution is -0.137. The van der Waals surface area contributed by atoms with Crippen molar-refractivity contribution in [2.45, 2.75) is 77.4 Å². The summed E-state index contributed by atoms with van der Waals surface area (Å²) in [5.74, 6) is 6.35. The van der Waals surface area contributed by atoms with Gasteiger partial charge in [0.25, 0.3) is 0 Å². The molecule has 0 aromatic heterocycles. The van der Waals surface area contributed by atoms with E-state index < -0.39 is 12.1 Å². The second-order valence-corrected chi connectivity index (χ2v) is 8.08. The highest BCUT2D eigenvalue weighted by Crippen LogP contribution is 2.46. The molecular formula is C23H34O4. The van der Waals surface area contributed by atoms with Crippen LogP contribution < -0.4 is 0 Å². The van der Waals surface area contributed by atoms with Gasteiger partial charge in [-0.05, 0) is 49.9 Å². The molecule has 2 aliphatic rings. The Labute approximate surface area is 163 Å². The zero-order valence-electron chi connectivity index (χ0n) is 16.6. The number of carboxylic acids is 1. The first-order valence-corrected chi connectivity index (χ1v) is 10.3. The Hall–Kier alpha value is -1.57. The maximum absolute atomic E-state index is 10.7. The van der Waals surface area contributed by atoms with E-state index in [1.807, 2.05) is 26.0 Å². The van der Waals surface area contributed by atoms with Crippen LogP contribution in [0.1, 0.15) is 65.2 Å². The van der Waals surface area contributed by atoms with Gasteiger partial charge in [-0.3, -0.25) is 4.79 Å². The topological polar surface area (TPSA) is 77.8 Å². The first-order valence-electron chi connectivity index (χ1n) is 10.3. The van der Waals surface area contributed by atoms with Gasteiger partial charge in [0.1, 0.15) is 0 Å². The number of hydrogen-bond acceptors (Lipinski definition) is 3. The quantitative estimate of drug-likeness (QED) is 0.444. The summed E-state index contributed by atoms with van der Waals surface area (Å²) in [6.07, 6.45) is 11.3. The van der Waals surface area contributed by atoms with Gasteiger partial charge < -0.3 is 15.3 Å². The van der Waals surface area contributed by atoms with Crippen LogP contribution in [0, 0.1) is 35.5 Å². The first-order chi connectivity index (χ1) is 12.9. The minimum atomic E-state index is -0.737. The minimum absolute atomic E-state index is 0.0849. The number of carboxylic acid groups (broad SMARTS) is 1. The van der Waals surface area contributed by atoms with E-state index in [9.17, 15) is 15.0 Å². The Morgan fingerprint density at radius 2 is 2.19 bits per heavy atom. The molecule has 2 rings (SSSR count). The third kappa shape index (κ3) is 6.52. The van der Waals surface area contributed by atoms with Crippen LogP contribution in [0.4, 0.5) is 0 Å². The number of aliphatic carboxylic acids is 1. The summed E-state index contributed by atoms with van der Waals surface area (Å²) in [6, 6.07) is 0. The molecule has 1 fully saturated rings. The Morgan fingerprint density at radius 3 is 2.89 bits per heavy atom. The average molecular weight is 375 g/mol. The van der Waals surface area contributed by atoms with E-state index in [-0.39, 0.29) is 24.4 Å². The molecule has 0 spiro atoms. The monoisotopic (exact) mass is 374 g/mol. The van der Waals surface area contributed by atoms with Crippen LogP contribution in [0.3, 0.4) is 0 Å². The maximum atomic E-state index is 10.7. The molecule has 2 aliphatic carbocycles. The van der Waals surface area contributed by atoms with Gasteiger partial charge in [-0.2, -0.15) is 0 Å². The Kier molecular flexibility index (Phi) is 8.60. The van der Waals surface area contributed by atoms with Crippen molar-refractivity contribution in [3.8, 4) is 11.8 Å². The number of fused-ring (bicyclic) bond motifs is 1. The van der Waals surface area contributed by atoms with Crippen molar-refractivity contribution in [3.63, 3.8) is 0 Å². The van der Waals surface area contributed by atoms with E-state index >= 15 is 0 Å². The van der Waals surface area contributed by atoms with Gasteiger partial charge in [0.2, 0.25) is 0 Å². The van der Waals surface area contributed by atoms with Crippen molar-refractivity contribution in [3.05, 3.63) is 23.8 Å². The van der Waals surface area contributed by atoms with Crippen LogP contribution in [-0.4, -0.2) is 33.5 Å². The Bertz CT molecular complexity index is 610. The van der Waals surface area contributed by atoms with Crippen molar-refractivity contribution in [2.75, 3.05) is 0 Å². The molecule has 6 atom stereocenters. The van der Waals surface area contributed by atoms with Gasteiger partial charge in [0.05, 0.1) is 12.2 Å². The molecule has 0 heterocycles. The lowest BCUT2D eigenvalue weighted by Gasteiger charge is -2.28. The fourth-order valence-electron chi connectivity index (χ4n) is 4.37. The molecule has 0 amide bonds. The first kappa shape index (κ1) is 21.7. The van der Waals surface area contributed by atoms with Crippen LogP contribution in [-0.2, 0) is 4.79 Å². The van der Waals surface area contributed by atoms with Crippen molar-refractivity contribution in [1.82, 2.24) is 0 Å². The standard InChI is InChI=1S/C23H34O4/c1-3-4-5-7-16(2)21(24)13-12-20-19-11-10-17(8-6-9-23(26)27)14-18(19)15-22(20)25/h12-14,16,18-22,24-25H,3,6-11,15H2,1-2H3,(H,26,27)/t16?,18-,19+,20+,21?,22-/m1/s1. The SMILES string of the molecule is CCC#CCC(C)C(O)C=C[C@H]1[C@H]2CCC(CCCC(=O)O)=C[C@@H]2C[C@H]1O. The van der Waals surface area contributed by atoms with E-state index in [2.05, 4.69) is 17.9 Å². The smallest absolute Gasteiger partial charge is 0.303 e. The van der Waals surface area contributed by atoms with Crippen LogP contribution in [0.2, 0.25) is 0 Å². The van der Waals surface area contributed by atoms with Crippen molar-refractivity contribution in [1.29, 1.82) is 0 Å². The normalized spacial score (nSPS) is 29.6. The molecule has 1 saturated carbocycles. The molecule has 2 unspecified atom stereocenters. The summed E-state index contributed by atoms with van der Waals surface area (Å²) in [4.78, 5) is 10.7. The summed E-state index contributed by atoms with van der Waals surface area (Å²) in [5, 5.41) is 29.6.